The van der Waals surface area contributed by atoms with E-state index in [2.05, 4.69) is 4.98 Å². The molecule has 1 aromatic carbocycles. The minimum atomic E-state index is -4.60. The Kier molecular flexibility index (Phi) is 3.74. The molecule has 20 heavy (non-hydrogen) atoms. The van der Waals surface area contributed by atoms with Gasteiger partial charge in [-0.15, -0.1) is 0 Å². The number of ketones is 1. The van der Waals surface area contributed by atoms with E-state index < -0.39 is 23.1 Å². The molecule has 0 atom stereocenters. The third kappa shape index (κ3) is 2.79. The monoisotopic (exact) mass is 281 g/mol. The summed E-state index contributed by atoms with van der Waals surface area (Å²) in [5.74, 6) is -0.349. The number of carbonyl (C=O) groups is 1. The summed E-state index contributed by atoms with van der Waals surface area (Å²) in [6, 6.07) is 6.74. The van der Waals surface area contributed by atoms with E-state index in [1.807, 2.05) is 0 Å². The number of rotatable bonds is 3. The third-order valence-corrected chi connectivity index (χ3v) is 2.70. The number of hydrogen-bond acceptors (Lipinski definition) is 3. The van der Waals surface area contributed by atoms with Crippen molar-refractivity contribution in [1.29, 1.82) is 0 Å². The number of pyridine rings is 1. The Hall–Kier alpha value is -2.37. The van der Waals surface area contributed by atoms with E-state index in [0.29, 0.717) is 5.75 Å². The normalized spacial score (nSPS) is 11.2. The van der Waals surface area contributed by atoms with Crippen LogP contribution in [0.1, 0.15) is 21.5 Å². The number of carbonyl (C=O) groups excluding carboxylic acids is 1. The van der Waals surface area contributed by atoms with Gasteiger partial charge in [0.05, 0.1) is 18.2 Å². The van der Waals surface area contributed by atoms with Gasteiger partial charge in [0.2, 0.25) is 0 Å². The van der Waals surface area contributed by atoms with Crippen molar-refractivity contribution in [3.63, 3.8) is 0 Å². The molecular weight excluding hydrogens is 271 g/mol. The van der Waals surface area contributed by atoms with Crippen molar-refractivity contribution < 1.29 is 22.7 Å². The molecule has 6 heteroatoms. The van der Waals surface area contributed by atoms with Gasteiger partial charge in [-0.1, -0.05) is 12.1 Å². The van der Waals surface area contributed by atoms with Gasteiger partial charge in [-0.3, -0.25) is 9.78 Å². The van der Waals surface area contributed by atoms with Crippen LogP contribution in [0.5, 0.6) is 5.75 Å². The zero-order chi connectivity index (χ0) is 14.8. The molecule has 0 unspecified atom stereocenters. The molecule has 0 amide bonds. The molecule has 0 aliphatic rings. The molecule has 0 bridgehead atoms. The highest BCUT2D eigenvalue weighted by Crippen LogP contribution is 2.32. The highest BCUT2D eigenvalue weighted by atomic mass is 19.4. The van der Waals surface area contributed by atoms with Crippen molar-refractivity contribution in [1.82, 2.24) is 4.98 Å². The number of alkyl halides is 3. The quantitative estimate of drug-likeness (QED) is 0.810. The van der Waals surface area contributed by atoms with Gasteiger partial charge < -0.3 is 4.74 Å². The molecule has 1 heterocycles. The lowest BCUT2D eigenvalue weighted by Crippen LogP contribution is -2.14. The number of halogens is 3. The summed E-state index contributed by atoms with van der Waals surface area (Å²) in [5, 5.41) is 0. The van der Waals surface area contributed by atoms with Gasteiger partial charge in [0, 0.05) is 18.0 Å². The molecule has 3 nitrogen and oxygen atoms in total. The second-order valence-corrected chi connectivity index (χ2v) is 3.98. The highest BCUT2D eigenvalue weighted by molar-refractivity contribution is 6.10. The smallest absolute Gasteiger partial charge is 0.417 e. The second-order valence-electron chi connectivity index (χ2n) is 3.98. The Morgan fingerprint density at radius 2 is 2.00 bits per heavy atom. The van der Waals surface area contributed by atoms with Gasteiger partial charge in [-0.05, 0) is 18.2 Å². The average Bonchev–Trinajstić information content (AvgIpc) is 2.45. The Labute approximate surface area is 113 Å². The molecule has 0 aliphatic heterocycles. The van der Waals surface area contributed by atoms with Gasteiger partial charge in [-0.2, -0.15) is 13.2 Å². The van der Waals surface area contributed by atoms with Crippen LogP contribution in [0.4, 0.5) is 13.2 Å². The van der Waals surface area contributed by atoms with E-state index in [0.717, 1.165) is 18.5 Å². The fraction of sp³-hybridized carbons (Fsp3) is 0.143. The van der Waals surface area contributed by atoms with E-state index in [9.17, 15) is 18.0 Å². The summed E-state index contributed by atoms with van der Waals surface area (Å²) in [6.07, 6.45) is -2.68. The van der Waals surface area contributed by atoms with Crippen molar-refractivity contribution in [3.05, 3.63) is 59.4 Å². The molecule has 2 aromatic rings. The lowest BCUT2D eigenvalue weighted by molar-refractivity contribution is -0.137. The Morgan fingerprint density at radius 3 is 2.65 bits per heavy atom. The van der Waals surface area contributed by atoms with E-state index >= 15 is 0 Å². The Morgan fingerprint density at radius 1 is 1.25 bits per heavy atom. The average molecular weight is 281 g/mol. The molecule has 104 valence electrons. The van der Waals surface area contributed by atoms with Crippen LogP contribution < -0.4 is 4.74 Å². The van der Waals surface area contributed by atoms with Gasteiger partial charge in [0.1, 0.15) is 5.75 Å². The predicted octanol–water partition coefficient (Wildman–Crippen LogP) is 3.34. The molecule has 1 aromatic heterocycles. The SMILES string of the molecule is COc1cccc(C(=O)c2cnccc2C(F)(F)F)c1. The van der Waals surface area contributed by atoms with E-state index in [1.165, 1.54) is 25.3 Å². The lowest BCUT2D eigenvalue weighted by Gasteiger charge is -2.11. The van der Waals surface area contributed by atoms with Gasteiger partial charge >= 0.3 is 6.18 Å². The summed E-state index contributed by atoms with van der Waals surface area (Å²) in [4.78, 5) is 15.8. The topological polar surface area (TPSA) is 39.2 Å². The van der Waals surface area contributed by atoms with Crippen LogP contribution in [-0.2, 0) is 6.18 Å². The molecule has 0 saturated carbocycles. The van der Waals surface area contributed by atoms with Crippen LogP contribution in [0.15, 0.2) is 42.7 Å². The maximum Gasteiger partial charge on any atom is 0.417 e. The first-order valence-electron chi connectivity index (χ1n) is 5.63. The minimum absolute atomic E-state index is 0.114. The molecular formula is C14H10F3NO2. The largest absolute Gasteiger partial charge is 0.497 e. The minimum Gasteiger partial charge on any atom is -0.497 e. The van der Waals surface area contributed by atoms with Gasteiger partial charge in [-0.25, -0.2) is 0 Å². The van der Waals surface area contributed by atoms with Crippen molar-refractivity contribution in [2.75, 3.05) is 7.11 Å². The zero-order valence-corrected chi connectivity index (χ0v) is 10.4. The van der Waals surface area contributed by atoms with Crippen LogP contribution in [-0.4, -0.2) is 17.9 Å². The molecule has 0 saturated heterocycles. The summed E-state index contributed by atoms with van der Waals surface area (Å²) in [7, 11) is 1.41. The standard InChI is InChI=1S/C14H10F3NO2/c1-20-10-4-2-3-9(7-10)13(19)11-8-18-6-5-12(11)14(15,16)17/h2-8H,1H3. The van der Waals surface area contributed by atoms with E-state index in [-0.39, 0.29) is 5.56 Å². The van der Waals surface area contributed by atoms with Gasteiger partial charge in [0.25, 0.3) is 0 Å². The third-order valence-electron chi connectivity index (χ3n) is 2.70. The predicted molar refractivity (Wildman–Crippen MR) is 65.7 cm³/mol. The molecule has 0 N–H and O–H groups in total. The Balaban J connectivity index is 2.48. The van der Waals surface area contributed by atoms with Crippen molar-refractivity contribution in [2.24, 2.45) is 0 Å². The molecule has 0 radical (unpaired) electrons. The van der Waals surface area contributed by atoms with E-state index in [1.54, 1.807) is 6.07 Å². The van der Waals surface area contributed by atoms with Crippen LogP contribution in [0, 0.1) is 0 Å². The number of benzene rings is 1. The second kappa shape index (κ2) is 5.32. The summed E-state index contributed by atoms with van der Waals surface area (Å²) in [6.45, 7) is 0. The molecule has 0 spiro atoms. The summed E-state index contributed by atoms with van der Waals surface area (Å²) >= 11 is 0. The molecule has 0 aliphatic carbocycles. The number of methoxy groups -OCH3 is 1. The van der Waals surface area contributed by atoms with Gasteiger partial charge in [0.15, 0.2) is 5.78 Å². The molecule has 2 rings (SSSR count). The molecule has 0 fully saturated rings. The number of hydrogen-bond donors (Lipinski definition) is 0. The van der Waals surface area contributed by atoms with Crippen molar-refractivity contribution in [2.45, 2.75) is 6.18 Å². The van der Waals surface area contributed by atoms with Crippen molar-refractivity contribution >= 4 is 5.78 Å². The van der Waals surface area contributed by atoms with Crippen LogP contribution in [0.2, 0.25) is 0 Å². The number of ether oxygens (including phenoxy) is 1. The lowest BCUT2D eigenvalue weighted by atomic mass is 10.00. The Bertz CT molecular complexity index is 638. The highest BCUT2D eigenvalue weighted by Gasteiger charge is 2.35. The van der Waals surface area contributed by atoms with E-state index in [4.69, 9.17) is 4.74 Å². The fourth-order valence-electron chi connectivity index (χ4n) is 1.74. The first kappa shape index (κ1) is 14.0. The maximum absolute atomic E-state index is 12.9. The maximum atomic E-state index is 12.9. The first-order valence-corrected chi connectivity index (χ1v) is 5.63. The van der Waals surface area contributed by atoms with Crippen LogP contribution >= 0.6 is 0 Å². The zero-order valence-electron chi connectivity index (χ0n) is 10.4. The summed E-state index contributed by atoms with van der Waals surface area (Å²) < 4.78 is 43.5. The number of nitrogens with zero attached hydrogens (tertiary/aromatic N) is 1. The fourth-order valence-corrected chi connectivity index (χ4v) is 1.74. The first-order chi connectivity index (χ1) is 9.43. The van der Waals surface area contributed by atoms with Crippen LogP contribution in [0.25, 0.3) is 0 Å². The number of aromatic nitrogens is 1. The van der Waals surface area contributed by atoms with Crippen LogP contribution in [0.3, 0.4) is 0 Å². The summed E-state index contributed by atoms with van der Waals surface area (Å²) in [5.41, 5.74) is -1.36. The van der Waals surface area contributed by atoms with Crippen molar-refractivity contribution in [3.8, 4) is 5.75 Å².